The van der Waals surface area contributed by atoms with Gasteiger partial charge in [0.15, 0.2) is 0 Å². The molecule has 0 radical (unpaired) electrons. The maximum Gasteiger partial charge on any atom is 0.221 e. The monoisotopic (exact) mass is 275 g/mol. The van der Waals surface area contributed by atoms with E-state index >= 15 is 0 Å². The van der Waals surface area contributed by atoms with E-state index in [9.17, 15) is 0 Å². The van der Waals surface area contributed by atoms with Crippen molar-refractivity contribution in [3.63, 3.8) is 0 Å². The second kappa shape index (κ2) is 5.14. The van der Waals surface area contributed by atoms with Gasteiger partial charge in [-0.3, -0.25) is 0 Å². The Labute approximate surface area is 122 Å². The minimum absolute atomic E-state index is 0.525. The summed E-state index contributed by atoms with van der Waals surface area (Å²) in [5.74, 6) is 0.525. The Morgan fingerprint density at radius 3 is 2.67 bits per heavy atom. The lowest BCUT2D eigenvalue weighted by atomic mass is 10.0. The van der Waals surface area contributed by atoms with Crippen molar-refractivity contribution in [1.29, 1.82) is 5.26 Å². The van der Waals surface area contributed by atoms with Crippen LogP contribution in [-0.2, 0) is 0 Å². The summed E-state index contributed by atoms with van der Waals surface area (Å²) in [6, 6.07) is 17.0. The highest BCUT2D eigenvalue weighted by Crippen LogP contribution is 2.32. The molecule has 4 nitrogen and oxygen atoms in total. The summed E-state index contributed by atoms with van der Waals surface area (Å²) in [5, 5.41) is 10.8. The SMILES string of the molecule is COc1nc(-c2cccc(C#N)c2)cc2c(N)cccc12. The number of nitriles is 1. The highest BCUT2D eigenvalue weighted by Gasteiger charge is 2.10. The third kappa shape index (κ3) is 2.26. The third-order valence-electron chi connectivity index (χ3n) is 3.35. The lowest BCUT2D eigenvalue weighted by Crippen LogP contribution is -1.95. The lowest BCUT2D eigenvalue weighted by Gasteiger charge is -2.10. The van der Waals surface area contributed by atoms with Crippen LogP contribution >= 0.6 is 0 Å². The van der Waals surface area contributed by atoms with E-state index in [1.54, 1.807) is 19.2 Å². The van der Waals surface area contributed by atoms with Gasteiger partial charge in [-0.15, -0.1) is 0 Å². The largest absolute Gasteiger partial charge is 0.481 e. The lowest BCUT2D eigenvalue weighted by molar-refractivity contribution is 0.404. The van der Waals surface area contributed by atoms with Gasteiger partial charge in [0.2, 0.25) is 5.88 Å². The molecule has 0 fully saturated rings. The normalized spacial score (nSPS) is 10.3. The van der Waals surface area contributed by atoms with E-state index in [-0.39, 0.29) is 0 Å². The number of benzene rings is 2. The van der Waals surface area contributed by atoms with Crippen molar-refractivity contribution < 1.29 is 4.74 Å². The first kappa shape index (κ1) is 12.9. The van der Waals surface area contributed by atoms with E-state index in [0.29, 0.717) is 17.1 Å². The highest BCUT2D eigenvalue weighted by atomic mass is 16.5. The Bertz CT molecular complexity index is 866. The Morgan fingerprint density at radius 2 is 1.90 bits per heavy atom. The molecule has 1 aromatic heterocycles. The van der Waals surface area contributed by atoms with Gasteiger partial charge in [-0.25, -0.2) is 4.98 Å². The van der Waals surface area contributed by atoms with Gasteiger partial charge in [0.05, 0.1) is 24.4 Å². The Kier molecular flexibility index (Phi) is 3.17. The molecule has 0 saturated carbocycles. The fourth-order valence-corrected chi connectivity index (χ4v) is 2.32. The topological polar surface area (TPSA) is 71.9 Å². The van der Waals surface area contributed by atoms with Crippen molar-refractivity contribution >= 4 is 16.5 Å². The zero-order valence-electron chi connectivity index (χ0n) is 11.5. The molecule has 0 atom stereocenters. The van der Waals surface area contributed by atoms with Crippen LogP contribution in [0.1, 0.15) is 5.56 Å². The standard InChI is InChI=1S/C17H13N3O/c1-21-17-13-6-3-7-15(19)14(13)9-16(20-17)12-5-2-4-11(8-12)10-18/h2-9H,19H2,1H3. The number of anilines is 1. The van der Waals surface area contributed by atoms with Crippen LogP contribution in [0.25, 0.3) is 22.0 Å². The summed E-state index contributed by atoms with van der Waals surface area (Å²) in [5.41, 5.74) is 8.90. The molecule has 3 rings (SSSR count). The van der Waals surface area contributed by atoms with Crippen LogP contribution in [0.4, 0.5) is 5.69 Å². The zero-order chi connectivity index (χ0) is 14.8. The summed E-state index contributed by atoms with van der Waals surface area (Å²) >= 11 is 0. The van der Waals surface area contributed by atoms with Gasteiger partial charge in [0, 0.05) is 22.0 Å². The predicted octanol–water partition coefficient (Wildman–Crippen LogP) is 3.36. The van der Waals surface area contributed by atoms with Gasteiger partial charge in [-0.1, -0.05) is 18.2 Å². The first-order valence-electron chi connectivity index (χ1n) is 6.46. The van der Waals surface area contributed by atoms with Crippen molar-refractivity contribution in [3.05, 3.63) is 54.1 Å². The Balaban J connectivity index is 2.28. The van der Waals surface area contributed by atoms with Crippen LogP contribution in [0.15, 0.2) is 48.5 Å². The number of pyridine rings is 1. The number of ether oxygens (including phenoxy) is 1. The molecule has 21 heavy (non-hydrogen) atoms. The van der Waals surface area contributed by atoms with Crippen molar-refractivity contribution in [2.45, 2.75) is 0 Å². The Morgan fingerprint density at radius 1 is 1.10 bits per heavy atom. The fourth-order valence-electron chi connectivity index (χ4n) is 2.32. The molecule has 102 valence electrons. The van der Waals surface area contributed by atoms with Crippen molar-refractivity contribution in [2.24, 2.45) is 0 Å². The molecular formula is C17H13N3O. The van der Waals surface area contributed by atoms with E-state index < -0.39 is 0 Å². The molecule has 0 spiro atoms. The van der Waals surface area contributed by atoms with Crippen LogP contribution in [0.2, 0.25) is 0 Å². The summed E-state index contributed by atoms with van der Waals surface area (Å²) in [7, 11) is 1.58. The molecule has 3 aromatic rings. The Hall–Kier alpha value is -3.06. The smallest absolute Gasteiger partial charge is 0.221 e. The summed E-state index contributed by atoms with van der Waals surface area (Å²) in [4.78, 5) is 4.52. The molecule has 2 N–H and O–H groups in total. The van der Waals surface area contributed by atoms with E-state index in [2.05, 4.69) is 11.1 Å². The molecule has 0 amide bonds. The number of hydrogen-bond acceptors (Lipinski definition) is 4. The second-order valence-electron chi connectivity index (χ2n) is 4.65. The number of nitrogens with zero attached hydrogens (tertiary/aromatic N) is 2. The van der Waals surface area contributed by atoms with Crippen LogP contribution in [-0.4, -0.2) is 12.1 Å². The number of aromatic nitrogens is 1. The average molecular weight is 275 g/mol. The molecule has 0 aliphatic carbocycles. The zero-order valence-corrected chi connectivity index (χ0v) is 11.5. The third-order valence-corrected chi connectivity index (χ3v) is 3.35. The number of rotatable bonds is 2. The van der Waals surface area contributed by atoms with Crippen molar-refractivity contribution in [3.8, 4) is 23.2 Å². The van der Waals surface area contributed by atoms with E-state index in [1.165, 1.54) is 0 Å². The summed E-state index contributed by atoms with van der Waals surface area (Å²) in [6.45, 7) is 0. The quantitative estimate of drug-likeness (QED) is 0.728. The number of methoxy groups -OCH3 is 1. The molecule has 2 aromatic carbocycles. The predicted molar refractivity (Wildman–Crippen MR) is 82.9 cm³/mol. The van der Waals surface area contributed by atoms with Crippen LogP contribution in [0, 0.1) is 11.3 Å². The number of nitrogens with two attached hydrogens (primary N) is 1. The number of nitrogen functional groups attached to an aromatic ring is 1. The maximum atomic E-state index is 9.01. The molecule has 0 unspecified atom stereocenters. The molecule has 1 heterocycles. The molecule has 0 aliphatic heterocycles. The molecule has 0 bridgehead atoms. The van der Waals surface area contributed by atoms with Crippen molar-refractivity contribution in [2.75, 3.05) is 12.8 Å². The highest BCUT2D eigenvalue weighted by molar-refractivity contribution is 5.98. The maximum absolute atomic E-state index is 9.01. The van der Waals surface area contributed by atoms with Gasteiger partial charge < -0.3 is 10.5 Å². The minimum Gasteiger partial charge on any atom is -0.481 e. The first-order valence-corrected chi connectivity index (χ1v) is 6.46. The van der Waals surface area contributed by atoms with E-state index in [1.807, 2.05) is 36.4 Å². The molecular weight excluding hydrogens is 262 g/mol. The van der Waals surface area contributed by atoms with Gasteiger partial charge in [-0.05, 0) is 30.3 Å². The number of hydrogen-bond donors (Lipinski definition) is 1. The minimum atomic E-state index is 0.525. The first-order chi connectivity index (χ1) is 10.2. The van der Waals surface area contributed by atoms with Crippen LogP contribution < -0.4 is 10.5 Å². The van der Waals surface area contributed by atoms with Gasteiger partial charge in [0.25, 0.3) is 0 Å². The fraction of sp³-hybridized carbons (Fsp3) is 0.0588. The van der Waals surface area contributed by atoms with Crippen LogP contribution in [0.3, 0.4) is 0 Å². The van der Waals surface area contributed by atoms with E-state index in [0.717, 1.165) is 22.0 Å². The van der Waals surface area contributed by atoms with Gasteiger partial charge >= 0.3 is 0 Å². The molecule has 0 saturated heterocycles. The molecule has 0 aliphatic rings. The van der Waals surface area contributed by atoms with Gasteiger partial charge in [-0.2, -0.15) is 5.26 Å². The van der Waals surface area contributed by atoms with Crippen molar-refractivity contribution in [1.82, 2.24) is 4.98 Å². The van der Waals surface area contributed by atoms with Gasteiger partial charge in [0.1, 0.15) is 0 Å². The molecule has 4 heteroatoms. The summed E-state index contributed by atoms with van der Waals surface area (Å²) in [6.07, 6.45) is 0. The van der Waals surface area contributed by atoms with Crippen LogP contribution in [0.5, 0.6) is 5.88 Å². The summed E-state index contributed by atoms with van der Waals surface area (Å²) < 4.78 is 5.37. The average Bonchev–Trinajstić information content (AvgIpc) is 2.54. The second-order valence-corrected chi connectivity index (χ2v) is 4.65. The van der Waals surface area contributed by atoms with E-state index in [4.69, 9.17) is 15.7 Å². The number of fused-ring (bicyclic) bond motifs is 1.